The van der Waals surface area contributed by atoms with E-state index in [0.717, 1.165) is 24.3 Å². The van der Waals surface area contributed by atoms with Crippen molar-refractivity contribution in [2.75, 3.05) is 0 Å². The van der Waals surface area contributed by atoms with Gasteiger partial charge in [0.2, 0.25) is 5.82 Å². The largest absolute Gasteiger partial charge is 0.312 e. The van der Waals surface area contributed by atoms with Gasteiger partial charge in [-0.1, -0.05) is 12.1 Å². The molecule has 0 fully saturated rings. The number of nitro groups is 1. The van der Waals surface area contributed by atoms with Gasteiger partial charge in [0, 0.05) is 0 Å². The standard InChI is InChI=1S/C12H6F3NO2/c13-9-5-4-7(6-11(9)15)8-2-1-3-10(14)12(8)16(17)18/h1-6H. The maximum Gasteiger partial charge on any atom is 0.312 e. The van der Waals surface area contributed by atoms with Gasteiger partial charge in [-0.15, -0.1) is 0 Å². The molecule has 2 aromatic carbocycles. The van der Waals surface area contributed by atoms with Crippen molar-refractivity contribution < 1.29 is 18.1 Å². The fourth-order valence-electron chi connectivity index (χ4n) is 1.60. The first-order chi connectivity index (χ1) is 8.50. The van der Waals surface area contributed by atoms with Gasteiger partial charge in [-0.25, -0.2) is 8.78 Å². The molecule has 0 saturated heterocycles. The minimum atomic E-state index is -1.15. The first-order valence-electron chi connectivity index (χ1n) is 4.89. The Morgan fingerprint density at radius 3 is 2.28 bits per heavy atom. The number of benzene rings is 2. The average molecular weight is 253 g/mol. The van der Waals surface area contributed by atoms with Gasteiger partial charge in [0.25, 0.3) is 0 Å². The first kappa shape index (κ1) is 12.1. The zero-order valence-corrected chi connectivity index (χ0v) is 8.86. The summed E-state index contributed by atoms with van der Waals surface area (Å²) >= 11 is 0. The highest BCUT2D eigenvalue weighted by Gasteiger charge is 2.21. The van der Waals surface area contributed by atoms with Crippen molar-refractivity contribution in [1.29, 1.82) is 0 Å². The molecule has 0 aliphatic heterocycles. The lowest BCUT2D eigenvalue weighted by atomic mass is 10.0. The highest BCUT2D eigenvalue weighted by atomic mass is 19.2. The molecule has 0 bridgehead atoms. The van der Waals surface area contributed by atoms with E-state index in [9.17, 15) is 23.3 Å². The molecule has 2 rings (SSSR count). The van der Waals surface area contributed by atoms with E-state index in [1.165, 1.54) is 12.1 Å². The summed E-state index contributed by atoms with van der Waals surface area (Å²) in [6.45, 7) is 0. The Balaban J connectivity index is 2.67. The van der Waals surface area contributed by atoms with Crippen molar-refractivity contribution >= 4 is 5.69 Å². The molecule has 0 radical (unpaired) electrons. The smallest absolute Gasteiger partial charge is 0.258 e. The monoisotopic (exact) mass is 253 g/mol. The number of nitro benzene ring substituents is 1. The summed E-state index contributed by atoms with van der Waals surface area (Å²) in [5, 5.41) is 10.8. The summed E-state index contributed by atoms with van der Waals surface area (Å²) in [4.78, 5) is 9.87. The fourth-order valence-corrected chi connectivity index (χ4v) is 1.60. The minimum absolute atomic E-state index is 0.0418. The third kappa shape index (κ3) is 2.04. The number of hydrogen-bond donors (Lipinski definition) is 0. The van der Waals surface area contributed by atoms with Gasteiger partial charge in [0.1, 0.15) is 0 Å². The topological polar surface area (TPSA) is 43.1 Å². The Hall–Kier alpha value is -2.37. The quantitative estimate of drug-likeness (QED) is 0.605. The van der Waals surface area contributed by atoms with Crippen molar-refractivity contribution in [3.8, 4) is 11.1 Å². The van der Waals surface area contributed by atoms with Crippen LogP contribution in [0.2, 0.25) is 0 Å². The normalized spacial score (nSPS) is 10.4. The molecule has 0 atom stereocenters. The van der Waals surface area contributed by atoms with Crippen LogP contribution in [0.3, 0.4) is 0 Å². The predicted molar refractivity (Wildman–Crippen MR) is 58.4 cm³/mol. The molecule has 0 N–H and O–H groups in total. The summed E-state index contributed by atoms with van der Waals surface area (Å²) in [7, 11) is 0. The first-order valence-corrected chi connectivity index (χ1v) is 4.89. The maximum atomic E-state index is 13.4. The van der Waals surface area contributed by atoms with Crippen LogP contribution < -0.4 is 0 Å². The molecule has 0 aliphatic carbocycles. The van der Waals surface area contributed by atoms with E-state index >= 15 is 0 Å². The van der Waals surface area contributed by atoms with Gasteiger partial charge < -0.3 is 0 Å². The lowest BCUT2D eigenvalue weighted by Gasteiger charge is -2.04. The van der Waals surface area contributed by atoms with Crippen molar-refractivity contribution in [2.45, 2.75) is 0 Å². The van der Waals surface area contributed by atoms with Crippen LogP contribution in [0.25, 0.3) is 11.1 Å². The highest BCUT2D eigenvalue weighted by Crippen LogP contribution is 2.32. The highest BCUT2D eigenvalue weighted by molar-refractivity contribution is 5.73. The number of nitrogens with zero attached hydrogens (tertiary/aromatic N) is 1. The van der Waals surface area contributed by atoms with Crippen molar-refractivity contribution in [2.24, 2.45) is 0 Å². The molecule has 0 spiro atoms. The van der Waals surface area contributed by atoms with Crippen LogP contribution in [0.1, 0.15) is 0 Å². The molecular formula is C12H6F3NO2. The third-order valence-electron chi connectivity index (χ3n) is 2.40. The van der Waals surface area contributed by atoms with E-state index < -0.39 is 28.1 Å². The zero-order chi connectivity index (χ0) is 13.3. The Bertz CT molecular complexity index is 629. The van der Waals surface area contributed by atoms with E-state index in [1.54, 1.807) is 0 Å². The van der Waals surface area contributed by atoms with Crippen LogP contribution in [0.15, 0.2) is 36.4 Å². The van der Waals surface area contributed by atoms with Crippen LogP contribution in [0, 0.1) is 27.6 Å². The third-order valence-corrected chi connectivity index (χ3v) is 2.40. The van der Waals surface area contributed by atoms with Gasteiger partial charge in [-0.05, 0) is 29.8 Å². The SMILES string of the molecule is O=[N+]([O-])c1c(F)cccc1-c1ccc(F)c(F)c1. The van der Waals surface area contributed by atoms with E-state index in [4.69, 9.17) is 0 Å². The zero-order valence-electron chi connectivity index (χ0n) is 8.86. The second-order valence-electron chi connectivity index (χ2n) is 3.52. The lowest BCUT2D eigenvalue weighted by Crippen LogP contribution is -1.96. The minimum Gasteiger partial charge on any atom is -0.258 e. The molecule has 0 aliphatic rings. The summed E-state index contributed by atoms with van der Waals surface area (Å²) in [6, 6.07) is 6.24. The van der Waals surface area contributed by atoms with E-state index in [1.807, 2.05) is 0 Å². The van der Waals surface area contributed by atoms with E-state index in [-0.39, 0.29) is 11.1 Å². The molecule has 0 heterocycles. The second kappa shape index (κ2) is 4.48. The predicted octanol–water partition coefficient (Wildman–Crippen LogP) is 3.68. The Morgan fingerprint density at radius 2 is 1.67 bits per heavy atom. The molecule has 18 heavy (non-hydrogen) atoms. The molecule has 0 amide bonds. The molecule has 2 aromatic rings. The lowest BCUT2D eigenvalue weighted by molar-refractivity contribution is -0.386. The van der Waals surface area contributed by atoms with E-state index in [2.05, 4.69) is 0 Å². The Morgan fingerprint density at radius 1 is 0.944 bits per heavy atom. The van der Waals surface area contributed by atoms with Crippen LogP contribution in [-0.4, -0.2) is 4.92 Å². The van der Waals surface area contributed by atoms with Crippen LogP contribution in [-0.2, 0) is 0 Å². The van der Waals surface area contributed by atoms with Crippen molar-refractivity contribution in [3.63, 3.8) is 0 Å². The molecule has 3 nitrogen and oxygen atoms in total. The van der Waals surface area contributed by atoms with Crippen LogP contribution >= 0.6 is 0 Å². The molecule has 0 unspecified atom stereocenters. The Kier molecular flexibility index (Phi) is 3.01. The van der Waals surface area contributed by atoms with Gasteiger partial charge in [0.05, 0.1) is 10.5 Å². The summed E-state index contributed by atoms with van der Waals surface area (Å²) < 4.78 is 39.2. The number of halogens is 3. The van der Waals surface area contributed by atoms with Gasteiger partial charge >= 0.3 is 5.69 Å². The van der Waals surface area contributed by atoms with Gasteiger partial charge in [-0.2, -0.15) is 4.39 Å². The molecule has 0 aromatic heterocycles. The van der Waals surface area contributed by atoms with Crippen molar-refractivity contribution in [1.82, 2.24) is 0 Å². The molecular weight excluding hydrogens is 247 g/mol. The number of para-hydroxylation sites is 1. The maximum absolute atomic E-state index is 13.4. The van der Waals surface area contributed by atoms with Crippen LogP contribution in [0.5, 0.6) is 0 Å². The second-order valence-corrected chi connectivity index (χ2v) is 3.52. The van der Waals surface area contributed by atoms with Gasteiger partial charge in [-0.3, -0.25) is 10.1 Å². The number of hydrogen-bond acceptors (Lipinski definition) is 2. The van der Waals surface area contributed by atoms with E-state index in [0.29, 0.717) is 0 Å². The van der Waals surface area contributed by atoms with Crippen LogP contribution in [0.4, 0.5) is 18.9 Å². The average Bonchev–Trinajstić information content (AvgIpc) is 2.32. The Labute approximate surface area is 99.6 Å². The molecule has 92 valence electrons. The summed E-state index contributed by atoms with van der Waals surface area (Å²) in [5.74, 6) is -3.24. The number of rotatable bonds is 2. The molecule has 6 heteroatoms. The summed E-state index contributed by atoms with van der Waals surface area (Å²) in [5.41, 5.74) is -0.817. The van der Waals surface area contributed by atoms with Crippen molar-refractivity contribution in [3.05, 3.63) is 64.0 Å². The summed E-state index contributed by atoms with van der Waals surface area (Å²) in [6.07, 6.45) is 0. The van der Waals surface area contributed by atoms with Gasteiger partial charge in [0.15, 0.2) is 11.6 Å². The fraction of sp³-hybridized carbons (Fsp3) is 0. The molecule has 0 saturated carbocycles.